The van der Waals surface area contributed by atoms with Crippen molar-refractivity contribution in [3.05, 3.63) is 29.8 Å². The molecule has 6 heteroatoms. The molecule has 1 aromatic rings. The van der Waals surface area contributed by atoms with Gasteiger partial charge < -0.3 is 20.6 Å². The van der Waals surface area contributed by atoms with Gasteiger partial charge in [-0.25, -0.2) is 4.79 Å². The van der Waals surface area contributed by atoms with Crippen molar-refractivity contribution >= 4 is 11.9 Å². The van der Waals surface area contributed by atoms with Crippen LogP contribution in [-0.2, 0) is 4.79 Å². The SMILES string of the molecule is CC(O)(CNC(=O)c1ccc(O)cc1)C(=O)O. The molecule has 0 saturated heterocycles. The second kappa shape index (κ2) is 4.84. The topological polar surface area (TPSA) is 107 Å². The molecular weight excluding hydrogens is 226 g/mol. The highest BCUT2D eigenvalue weighted by atomic mass is 16.4. The Kier molecular flexibility index (Phi) is 3.69. The van der Waals surface area contributed by atoms with Gasteiger partial charge in [0, 0.05) is 5.56 Å². The zero-order valence-electron chi connectivity index (χ0n) is 9.17. The molecular formula is C11H13NO5. The van der Waals surface area contributed by atoms with Crippen LogP contribution in [0.5, 0.6) is 5.75 Å². The minimum absolute atomic E-state index is 0.0269. The molecule has 1 rings (SSSR count). The average molecular weight is 239 g/mol. The fourth-order valence-corrected chi connectivity index (χ4v) is 1.04. The van der Waals surface area contributed by atoms with Crippen molar-refractivity contribution in [2.45, 2.75) is 12.5 Å². The number of carboxylic acids is 1. The van der Waals surface area contributed by atoms with Crippen LogP contribution in [0, 0.1) is 0 Å². The van der Waals surface area contributed by atoms with E-state index in [0.29, 0.717) is 0 Å². The Morgan fingerprint density at radius 1 is 1.29 bits per heavy atom. The molecule has 0 heterocycles. The number of benzene rings is 1. The molecule has 17 heavy (non-hydrogen) atoms. The maximum absolute atomic E-state index is 11.5. The third kappa shape index (κ3) is 3.46. The van der Waals surface area contributed by atoms with Gasteiger partial charge in [0.2, 0.25) is 0 Å². The van der Waals surface area contributed by atoms with Gasteiger partial charge in [-0.05, 0) is 31.2 Å². The molecule has 1 atom stereocenters. The molecule has 0 aliphatic carbocycles. The molecule has 0 saturated carbocycles. The number of hydrogen-bond acceptors (Lipinski definition) is 4. The van der Waals surface area contributed by atoms with E-state index in [2.05, 4.69) is 5.32 Å². The van der Waals surface area contributed by atoms with Crippen LogP contribution in [0.25, 0.3) is 0 Å². The molecule has 92 valence electrons. The summed E-state index contributed by atoms with van der Waals surface area (Å²) < 4.78 is 0. The summed E-state index contributed by atoms with van der Waals surface area (Å²) in [5, 5.41) is 29.3. The standard InChI is InChI=1S/C11H13NO5/c1-11(17,10(15)16)6-12-9(14)7-2-4-8(13)5-3-7/h2-5,13,17H,6H2,1H3,(H,12,14)(H,15,16). The van der Waals surface area contributed by atoms with Gasteiger partial charge in [0.05, 0.1) is 6.54 Å². The van der Waals surface area contributed by atoms with Crippen LogP contribution in [0.4, 0.5) is 0 Å². The van der Waals surface area contributed by atoms with Crippen LogP contribution in [0.3, 0.4) is 0 Å². The number of rotatable bonds is 4. The Hall–Kier alpha value is -2.08. The highest BCUT2D eigenvalue weighted by Gasteiger charge is 2.30. The number of aliphatic hydroxyl groups is 1. The summed E-state index contributed by atoms with van der Waals surface area (Å²) in [6.45, 7) is 0.689. The van der Waals surface area contributed by atoms with Crippen molar-refractivity contribution in [3.63, 3.8) is 0 Å². The van der Waals surface area contributed by atoms with Crippen molar-refractivity contribution < 1.29 is 24.9 Å². The summed E-state index contributed by atoms with van der Waals surface area (Å²) in [6.07, 6.45) is 0. The molecule has 0 aromatic heterocycles. The molecule has 0 radical (unpaired) electrons. The highest BCUT2D eigenvalue weighted by molar-refractivity contribution is 5.94. The van der Waals surface area contributed by atoms with Crippen LogP contribution in [0.15, 0.2) is 24.3 Å². The normalized spacial score (nSPS) is 13.8. The van der Waals surface area contributed by atoms with E-state index in [0.717, 1.165) is 6.92 Å². The lowest BCUT2D eigenvalue weighted by molar-refractivity contribution is -0.155. The predicted molar refractivity (Wildman–Crippen MR) is 58.7 cm³/mol. The zero-order valence-corrected chi connectivity index (χ0v) is 9.17. The molecule has 0 aliphatic rings. The first-order chi connectivity index (χ1) is 7.83. The predicted octanol–water partition coefficient (Wildman–Crippen LogP) is -0.0424. The van der Waals surface area contributed by atoms with Gasteiger partial charge >= 0.3 is 5.97 Å². The van der Waals surface area contributed by atoms with E-state index in [9.17, 15) is 14.7 Å². The average Bonchev–Trinajstić information content (AvgIpc) is 2.27. The summed E-state index contributed by atoms with van der Waals surface area (Å²) >= 11 is 0. The van der Waals surface area contributed by atoms with E-state index in [1.54, 1.807) is 0 Å². The molecule has 1 aromatic carbocycles. The summed E-state index contributed by atoms with van der Waals surface area (Å²) in [6, 6.07) is 5.45. The summed E-state index contributed by atoms with van der Waals surface area (Å²) in [4.78, 5) is 22.1. The Morgan fingerprint density at radius 2 is 1.82 bits per heavy atom. The maximum Gasteiger partial charge on any atom is 0.337 e. The van der Waals surface area contributed by atoms with Gasteiger partial charge in [0.15, 0.2) is 5.60 Å². The van der Waals surface area contributed by atoms with E-state index in [4.69, 9.17) is 10.2 Å². The summed E-state index contributed by atoms with van der Waals surface area (Å²) in [5.74, 6) is -1.91. The maximum atomic E-state index is 11.5. The van der Waals surface area contributed by atoms with E-state index < -0.39 is 24.0 Å². The van der Waals surface area contributed by atoms with Crippen LogP contribution in [0.1, 0.15) is 17.3 Å². The molecule has 1 amide bonds. The van der Waals surface area contributed by atoms with Gasteiger partial charge in [-0.1, -0.05) is 0 Å². The van der Waals surface area contributed by atoms with Crippen LogP contribution >= 0.6 is 0 Å². The number of hydrogen-bond donors (Lipinski definition) is 4. The number of aromatic hydroxyl groups is 1. The van der Waals surface area contributed by atoms with E-state index in [1.807, 2.05) is 0 Å². The Labute approximate surface area is 97.5 Å². The minimum Gasteiger partial charge on any atom is -0.508 e. The van der Waals surface area contributed by atoms with Crippen LogP contribution in [-0.4, -0.2) is 39.3 Å². The van der Waals surface area contributed by atoms with E-state index in [1.165, 1.54) is 24.3 Å². The zero-order chi connectivity index (χ0) is 13.1. The Bertz CT molecular complexity index is 424. The van der Waals surface area contributed by atoms with Crippen molar-refractivity contribution in [2.24, 2.45) is 0 Å². The van der Waals surface area contributed by atoms with Crippen molar-refractivity contribution in [3.8, 4) is 5.75 Å². The van der Waals surface area contributed by atoms with Crippen LogP contribution < -0.4 is 5.32 Å². The van der Waals surface area contributed by atoms with Crippen molar-refractivity contribution in [1.29, 1.82) is 0 Å². The second-order valence-corrected chi connectivity index (χ2v) is 3.81. The molecule has 6 nitrogen and oxygen atoms in total. The van der Waals surface area contributed by atoms with Crippen LogP contribution in [0.2, 0.25) is 0 Å². The van der Waals surface area contributed by atoms with Gasteiger partial charge in [-0.15, -0.1) is 0 Å². The molecule has 0 bridgehead atoms. The van der Waals surface area contributed by atoms with Gasteiger partial charge in [-0.2, -0.15) is 0 Å². The summed E-state index contributed by atoms with van der Waals surface area (Å²) in [7, 11) is 0. The first-order valence-corrected chi connectivity index (χ1v) is 4.86. The third-order valence-corrected chi connectivity index (χ3v) is 2.18. The second-order valence-electron chi connectivity index (χ2n) is 3.81. The number of amides is 1. The highest BCUT2D eigenvalue weighted by Crippen LogP contribution is 2.09. The molecule has 0 spiro atoms. The lowest BCUT2D eigenvalue weighted by Gasteiger charge is -2.18. The smallest absolute Gasteiger partial charge is 0.337 e. The summed E-state index contributed by atoms with van der Waals surface area (Å²) in [5.41, 5.74) is -1.74. The number of nitrogens with one attached hydrogen (secondary N) is 1. The number of phenols is 1. The van der Waals surface area contributed by atoms with Crippen molar-refractivity contribution in [2.75, 3.05) is 6.54 Å². The van der Waals surface area contributed by atoms with E-state index >= 15 is 0 Å². The van der Waals surface area contributed by atoms with Gasteiger partial charge in [-0.3, -0.25) is 4.79 Å². The quantitative estimate of drug-likeness (QED) is 0.589. The molecule has 0 fully saturated rings. The fraction of sp³-hybridized carbons (Fsp3) is 0.273. The molecule has 1 unspecified atom stereocenters. The first kappa shape index (κ1) is 13.0. The fourth-order valence-electron chi connectivity index (χ4n) is 1.04. The molecule has 4 N–H and O–H groups in total. The lowest BCUT2D eigenvalue weighted by Crippen LogP contribution is -2.46. The van der Waals surface area contributed by atoms with Gasteiger partial charge in [0.25, 0.3) is 5.91 Å². The Morgan fingerprint density at radius 3 is 2.29 bits per heavy atom. The first-order valence-electron chi connectivity index (χ1n) is 4.86. The van der Waals surface area contributed by atoms with E-state index in [-0.39, 0.29) is 11.3 Å². The number of carbonyl (C=O) groups is 2. The van der Waals surface area contributed by atoms with Crippen molar-refractivity contribution in [1.82, 2.24) is 5.32 Å². The molecule has 0 aliphatic heterocycles. The van der Waals surface area contributed by atoms with Gasteiger partial charge in [0.1, 0.15) is 5.75 Å². The third-order valence-electron chi connectivity index (χ3n) is 2.18. The Balaban J connectivity index is 2.62. The monoisotopic (exact) mass is 239 g/mol. The number of phenolic OH excluding ortho intramolecular Hbond substituents is 1. The number of aliphatic carboxylic acids is 1. The number of carbonyl (C=O) groups excluding carboxylic acids is 1. The lowest BCUT2D eigenvalue weighted by atomic mass is 10.1. The largest absolute Gasteiger partial charge is 0.508 e. The minimum atomic E-state index is -2.01. The number of carboxylic acid groups (broad SMARTS) is 1.